The van der Waals surface area contributed by atoms with E-state index in [4.69, 9.17) is 5.73 Å². The van der Waals surface area contributed by atoms with E-state index in [0.717, 1.165) is 0 Å². The van der Waals surface area contributed by atoms with Crippen LogP contribution in [-0.4, -0.2) is 35.7 Å². The minimum Gasteiger partial charge on any atom is -0.369 e. The Hall–Kier alpha value is -4.00. The number of rotatable bonds is 9. The van der Waals surface area contributed by atoms with Gasteiger partial charge in [-0.3, -0.25) is 19.4 Å². The molecule has 0 bridgehead atoms. The number of fused-ring (bicyclic) bond motifs is 1. The summed E-state index contributed by atoms with van der Waals surface area (Å²) in [6.45, 7) is 1.73. The maximum Gasteiger partial charge on any atom is 0.389 e. The topological polar surface area (TPSA) is 125 Å². The van der Waals surface area contributed by atoms with Crippen LogP contribution in [0.2, 0.25) is 0 Å². The lowest BCUT2D eigenvalue weighted by Crippen LogP contribution is -2.47. The molecule has 37 heavy (non-hydrogen) atoms. The number of nitrogens with zero attached hydrogens (tertiary/aromatic N) is 2. The van der Waals surface area contributed by atoms with Gasteiger partial charge in [0, 0.05) is 35.8 Å². The van der Waals surface area contributed by atoms with Crippen molar-refractivity contribution in [1.82, 2.24) is 5.32 Å². The van der Waals surface area contributed by atoms with E-state index in [2.05, 4.69) is 16.4 Å². The quantitative estimate of drug-likeness (QED) is 0.530. The lowest BCUT2D eigenvalue weighted by molar-refractivity contribution is -0.146. The number of carbonyl (C=O) groups is 3. The highest BCUT2D eigenvalue weighted by Crippen LogP contribution is 2.30. The van der Waals surface area contributed by atoms with Crippen molar-refractivity contribution in [1.29, 1.82) is 5.26 Å². The van der Waals surface area contributed by atoms with E-state index < -0.39 is 54.6 Å². The predicted molar refractivity (Wildman–Crippen MR) is 130 cm³/mol. The van der Waals surface area contributed by atoms with Gasteiger partial charge < -0.3 is 11.1 Å². The minimum absolute atomic E-state index is 0.124. The van der Waals surface area contributed by atoms with Crippen molar-refractivity contribution in [3.63, 3.8) is 0 Å². The molecule has 0 spiro atoms. The van der Waals surface area contributed by atoms with Crippen molar-refractivity contribution >= 4 is 23.3 Å². The summed E-state index contributed by atoms with van der Waals surface area (Å²) in [5, 5.41) is 12.1. The number of benzene rings is 2. The van der Waals surface area contributed by atoms with E-state index in [1.807, 2.05) is 0 Å². The van der Waals surface area contributed by atoms with E-state index in [1.165, 1.54) is 0 Å². The van der Waals surface area contributed by atoms with Crippen LogP contribution in [0.3, 0.4) is 0 Å². The molecule has 2 aromatic carbocycles. The Kier molecular flexibility index (Phi) is 8.81. The van der Waals surface area contributed by atoms with E-state index in [-0.39, 0.29) is 18.4 Å². The summed E-state index contributed by atoms with van der Waals surface area (Å²) in [5.41, 5.74) is 7.71. The first-order valence-corrected chi connectivity index (χ1v) is 11.9. The normalized spacial score (nSPS) is 17.0. The standard InChI is InChI=1S/C27H27F3N4O3/c1-2-7-19(24(32)36)20(12-13-27(28,29)30)26(37)34-25-22(35)14-21-17(15-31)10-6-11-18(21)23(33-25)16-8-4-3-5-9-16/h3-6,8-11,19-20,25H,2,7,12-14H2,1H3,(H2,32,36)(H,34,37)/t19-,20+,25+/m0/s1. The number of carbonyl (C=O) groups excluding carboxylic acids is 3. The van der Waals surface area contributed by atoms with Gasteiger partial charge in [0.1, 0.15) is 0 Å². The number of nitrogens with two attached hydrogens (primary N) is 1. The maximum atomic E-state index is 13.3. The van der Waals surface area contributed by atoms with Crippen LogP contribution in [0.4, 0.5) is 13.2 Å². The van der Waals surface area contributed by atoms with Gasteiger partial charge in [-0.05, 0) is 24.5 Å². The van der Waals surface area contributed by atoms with Crippen LogP contribution in [0.15, 0.2) is 53.5 Å². The Bertz CT molecular complexity index is 1240. The molecular weight excluding hydrogens is 485 g/mol. The monoisotopic (exact) mass is 512 g/mol. The second-order valence-corrected chi connectivity index (χ2v) is 8.90. The second kappa shape index (κ2) is 11.8. The lowest BCUT2D eigenvalue weighted by Gasteiger charge is -2.25. The zero-order valence-electron chi connectivity index (χ0n) is 20.2. The molecule has 0 aromatic heterocycles. The number of aliphatic imine (C=N–C) groups is 1. The van der Waals surface area contributed by atoms with Crippen molar-refractivity contribution in [3.8, 4) is 6.07 Å². The molecule has 3 rings (SSSR count). The molecule has 1 aliphatic heterocycles. The molecule has 2 amide bonds. The third kappa shape index (κ3) is 6.82. The SMILES string of the molecule is CCC[C@H](C(N)=O)[C@@H](CCC(F)(F)F)C(=O)N[C@H]1N=C(c2ccccc2)c2cccc(C#N)c2CC1=O. The van der Waals surface area contributed by atoms with Gasteiger partial charge >= 0.3 is 6.18 Å². The van der Waals surface area contributed by atoms with Crippen molar-refractivity contribution in [2.45, 2.75) is 51.4 Å². The Labute approximate surface area is 212 Å². The van der Waals surface area contributed by atoms with Crippen molar-refractivity contribution in [3.05, 3.63) is 70.8 Å². The highest BCUT2D eigenvalue weighted by molar-refractivity contribution is 6.16. The van der Waals surface area contributed by atoms with Gasteiger partial charge in [0.05, 0.1) is 17.3 Å². The van der Waals surface area contributed by atoms with Gasteiger partial charge in [-0.2, -0.15) is 18.4 Å². The van der Waals surface area contributed by atoms with Gasteiger partial charge in [-0.25, -0.2) is 0 Å². The molecule has 0 radical (unpaired) electrons. The molecule has 10 heteroatoms. The van der Waals surface area contributed by atoms with Crippen LogP contribution in [0, 0.1) is 23.2 Å². The molecular formula is C27H27F3N4O3. The molecule has 1 aliphatic rings. The first-order valence-electron chi connectivity index (χ1n) is 11.9. The summed E-state index contributed by atoms with van der Waals surface area (Å²) in [7, 11) is 0. The van der Waals surface area contributed by atoms with Gasteiger partial charge in [-0.15, -0.1) is 0 Å². The first kappa shape index (κ1) is 27.6. The summed E-state index contributed by atoms with van der Waals surface area (Å²) < 4.78 is 39.0. The molecule has 0 unspecified atom stereocenters. The number of nitriles is 1. The van der Waals surface area contributed by atoms with Gasteiger partial charge in [0.25, 0.3) is 0 Å². The van der Waals surface area contributed by atoms with Crippen LogP contribution in [0.1, 0.15) is 54.9 Å². The minimum atomic E-state index is -4.54. The Morgan fingerprint density at radius 1 is 1.14 bits per heavy atom. The van der Waals surface area contributed by atoms with Crippen LogP contribution in [0.5, 0.6) is 0 Å². The van der Waals surface area contributed by atoms with Gasteiger partial charge in [0.15, 0.2) is 11.9 Å². The van der Waals surface area contributed by atoms with E-state index in [1.54, 1.807) is 55.5 Å². The number of amides is 2. The Morgan fingerprint density at radius 3 is 2.43 bits per heavy atom. The molecule has 0 saturated carbocycles. The molecule has 0 aliphatic carbocycles. The Morgan fingerprint density at radius 2 is 1.84 bits per heavy atom. The van der Waals surface area contributed by atoms with Gasteiger partial charge in [-0.1, -0.05) is 55.8 Å². The number of hydrogen-bond acceptors (Lipinski definition) is 5. The summed E-state index contributed by atoms with van der Waals surface area (Å²) in [6.07, 6.45) is -7.58. The number of Topliss-reactive ketones (excluding diaryl/α,β-unsaturated/α-hetero) is 1. The van der Waals surface area contributed by atoms with E-state index >= 15 is 0 Å². The number of hydrogen-bond donors (Lipinski definition) is 2. The largest absolute Gasteiger partial charge is 0.389 e. The van der Waals surface area contributed by atoms with E-state index in [9.17, 15) is 32.8 Å². The highest BCUT2D eigenvalue weighted by Gasteiger charge is 2.38. The fraction of sp³-hybridized carbons (Fsp3) is 0.370. The van der Waals surface area contributed by atoms with E-state index in [0.29, 0.717) is 28.8 Å². The number of primary amides is 1. The second-order valence-electron chi connectivity index (χ2n) is 8.90. The zero-order chi connectivity index (χ0) is 27.2. The Balaban J connectivity index is 2.02. The fourth-order valence-electron chi connectivity index (χ4n) is 4.51. The molecule has 194 valence electrons. The van der Waals surface area contributed by atoms with Crippen LogP contribution in [-0.2, 0) is 20.8 Å². The molecule has 3 N–H and O–H groups in total. The third-order valence-corrected chi connectivity index (χ3v) is 6.32. The summed E-state index contributed by atoms with van der Waals surface area (Å²) in [6, 6.07) is 15.9. The molecule has 2 aromatic rings. The summed E-state index contributed by atoms with van der Waals surface area (Å²) in [5.74, 6) is -4.84. The molecule has 7 nitrogen and oxygen atoms in total. The average molecular weight is 513 g/mol. The van der Waals surface area contributed by atoms with Gasteiger partial charge in [0.2, 0.25) is 11.8 Å². The third-order valence-electron chi connectivity index (χ3n) is 6.32. The fourth-order valence-corrected chi connectivity index (χ4v) is 4.51. The maximum absolute atomic E-state index is 13.3. The van der Waals surface area contributed by atoms with Crippen LogP contribution >= 0.6 is 0 Å². The zero-order valence-corrected chi connectivity index (χ0v) is 20.2. The number of alkyl halides is 3. The average Bonchev–Trinajstić information content (AvgIpc) is 2.99. The van der Waals surface area contributed by atoms with Crippen molar-refractivity contribution in [2.24, 2.45) is 22.6 Å². The number of halogens is 3. The van der Waals surface area contributed by atoms with Crippen molar-refractivity contribution in [2.75, 3.05) is 0 Å². The molecule has 0 fully saturated rings. The number of nitrogens with one attached hydrogen (secondary N) is 1. The predicted octanol–water partition coefficient (Wildman–Crippen LogP) is 3.82. The smallest absolute Gasteiger partial charge is 0.369 e. The first-order chi connectivity index (χ1) is 17.6. The number of ketones is 1. The highest BCUT2D eigenvalue weighted by atomic mass is 19.4. The van der Waals surface area contributed by atoms with Crippen LogP contribution < -0.4 is 11.1 Å². The summed E-state index contributed by atoms with van der Waals surface area (Å²) in [4.78, 5) is 43.1. The molecule has 3 atom stereocenters. The molecule has 0 saturated heterocycles. The van der Waals surface area contributed by atoms with Crippen molar-refractivity contribution < 1.29 is 27.6 Å². The lowest BCUT2D eigenvalue weighted by atomic mass is 9.83. The van der Waals surface area contributed by atoms with Crippen LogP contribution in [0.25, 0.3) is 0 Å². The molecule has 1 heterocycles. The summed E-state index contributed by atoms with van der Waals surface area (Å²) >= 11 is 0.